The molecule has 1 aromatic heterocycles. The Morgan fingerprint density at radius 3 is 2.07 bits per heavy atom. The van der Waals surface area contributed by atoms with Crippen LogP contribution >= 0.6 is 0 Å². The summed E-state index contributed by atoms with van der Waals surface area (Å²) in [6, 6.07) is 10.5. The normalized spacial score (nSPS) is 10.3. The fourth-order valence-electron chi connectivity index (χ4n) is 1.83. The molecule has 0 aliphatic rings. The Labute approximate surface area is 90.8 Å². The quantitative estimate of drug-likeness (QED) is 0.679. The summed E-state index contributed by atoms with van der Waals surface area (Å²) in [4.78, 5) is 4.47. The Morgan fingerprint density at radius 1 is 0.867 bits per heavy atom. The van der Waals surface area contributed by atoms with Crippen LogP contribution in [0.5, 0.6) is 0 Å². The number of benzene rings is 1. The minimum atomic E-state index is 1.07. The highest BCUT2D eigenvalue weighted by atomic mass is 14.7. The summed E-state index contributed by atoms with van der Waals surface area (Å²) in [6.07, 6.45) is 1.92. The standard InChI is InChI=1S/C14H15N/c1-10-7-8-13(15-9-10)14-11(2)5-4-6-12(14)3/h4-9H,1-3H3. The SMILES string of the molecule is Cc1ccc(-c2c(C)cccc2C)nc1. The molecule has 2 rings (SSSR count). The van der Waals surface area contributed by atoms with Gasteiger partial charge in [-0.1, -0.05) is 24.3 Å². The lowest BCUT2D eigenvalue weighted by Crippen LogP contribution is -1.90. The average molecular weight is 197 g/mol. The largest absolute Gasteiger partial charge is 0.256 e. The zero-order chi connectivity index (χ0) is 10.8. The Morgan fingerprint density at radius 2 is 1.53 bits per heavy atom. The molecular weight excluding hydrogens is 182 g/mol. The fraction of sp³-hybridized carbons (Fsp3) is 0.214. The van der Waals surface area contributed by atoms with Crippen LogP contribution in [0.1, 0.15) is 16.7 Å². The van der Waals surface area contributed by atoms with Gasteiger partial charge in [0.05, 0.1) is 5.69 Å². The molecule has 0 unspecified atom stereocenters. The van der Waals surface area contributed by atoms with Crippen LogP contribution in [0.2, 0.25) is 0 Å². The summed E-state index contributed by atoms with van der Waals surface area (Å²) in [6.45, 7) is 6.31. The lowest BCUT2D eigenvalue weighted by atomic mass is 9.99. The first kappa shape index (κ1) is 9.91. The predicted octanol–water partition coefficient (Wildman–Crippen LogP) is 3.67. The van der Waals surface area contributed by atoms with Gasteiger partial charge in [-0.15, -0.1) is 0 Å². The van der Waals surface area contributed by atoms with Crippen LogP contribution in [0.3, 0.4) is 0 Å². The van der Waals surface area contributed by atoms with E-state index in [1.165, 1.54) is 22.3 Å². The van der Waals surface area contributed by atoms with Gasteiger partial charge in [-0.25, -0.2) is 0 Å². The number of hydrogen-bond donors (Lipinski definition) is 0. The van der Waals surface area contributed by atoms with Crippen molar-refractivity contribution in [3.8, 4) is 11.3 Å². The maximum absolute atomic E-state index is 4.47. The first-order valence-corrected chi connectivity index (χ1v) is 5.18. The Balaban J connectivity index is 2.58. The Kier molecular flexibility index (Phi) is 2.55. The highest BCUT2D eigenvalue weighted by Gasteiger charge is 2.05. The third kappa shape index (κ3) is 1.91. The minimum absolute atomic E-state index is 1.07. The molecule has 0 fully saturated rings. The van der Waals surface area contributed by atoms with Crippen LogP contribution in [0.15, 0.2) is 36.5 Å². The van der Waals surface area contributed by atoms with Crippen LogP contribution in [0.4, 0.5) is 0 Å². The average Bonchev–Trinajstić information content (AvgIpc) is 2.20. The predicted molar refractivity (Wildman–Crippen MR) is 63.9 cm³/mol. The van der Waals surface area contributed by atoms with Gasteiger partial charge < -0.3 is 0 Å². The molecule has 15 heavy (non-hydrogen) atoms. The molecule has 0 amide bonds. The molecule has 0 saturated heterocycles. The van der Waals surface area contributed by atoms with Crippen LogP contribution in [-0.2, 0) is 0 Å². The monoisotopic (exact) mass is 197 g/mol. The molecule has 0 saturated carbocycles. The minimum Gasteiger partial charge on any atom is -0.256 e. The second kappa shape index (κ2) is 3.85. The van der Waals surface area contributed by atoms with Crippen LogP contribution in [-0.4, -0.2) is 4.98 Å². The van der Waals surface area contributed by atoms with E-state index in [1.54, 1.807) is 0 Å². The number of nitrogens with zero attached hydrogens (tertiary/aromatic N) is 1. The molecule has 0 aliphatic heterocycles. The molecule has 76 valence electrons. The van der Waals surface area contributed by atoms with Gasteiger partial charge in [0.1, 0.15) is 0 Å². The number of aromatic nitrogens is 1. The summed E-state index contributed by atoms with van der Waals surface area (Å²) in [5.41, 5.74) is 6.09. The lowest BCUT2D eigenvalue weighted by molar-refractivity contribution is 1.24. The molecule has 1 aromatic carbocycles. The van der Waals surface area contributed by atoms with E-state index in [-0.39, 0.29) is 0 Å². The first-order valence-electron chi connectivity index (χ1n) is 5.18. The molecular formula is C14H15N. The number of aryl methyl sites for hydroxylation is 3. The molecule has 1 nitrogen and oxygen atoms in total. The van der Waals surface area contributed by atoms with E-state index in [9.17, 15) is 0 Å². The summed E-state index contributed by atoms with van der Waals surface area (Å²) in [5, 5.41) is 0. The second-order valence-electron chi connectivity index (χ2n) is 3.99. The molecule has 0 bridgehead atoms. The number of hydrogen-bond acceptors (Lipinski definition) is 1. The van der Waals surface area contributed by atoms with E-state index in [4.69, 9.17) is 0 Å². The van der Waals surface area contributed by atoms with Crippen molar-refractivity contribution in [2.24, 2.45) is 0 Å². The Hall–Kier alpha value is -1.63. The van der Waals surface area contributed by atoms with Crippen molar-refractivity contribution < 1.29 is 0 Å². The fourth-order valence-corrected chi connectivity index (χ4v) is 1.83. The van der Waals surface area contributed by atoms with Crippen molar-refractivity contribution in [1.29, 1.82) is 0 Å². The van der Waals surface area contributed by atoms with Crippen molar-refractivity contribution in [3.63, 3.8) is 0 Å². The van der Waals surface area contributed by atoms with E-state index in [0.717, 1.165) is 5.69 Å². The summed E-state index contributed by atoms with van der Waals surface area (Å²) < 4.78 is 0. The molecule has 0 N–H and O–H groups in total. The zero-order valence-corrected chi connectivity index (χ0v) is 9.41. The van der Waals surface area contributed by atoms with Gasteiger partial charge in [-0.2, -0.15) is 0 Å². The molecule has 2 aromatic rings. The summed E-state index contributed by atoms with van der Waals surface area (Å²) in [5.74, 6) is 0. The van der Waals surface area contributed by atoms with Gasteiger partial charge in [0, 0.05) is 11.8 Å². The van der Waals surface area contributed by atoms with Crippen LogP contribution in [0, 0.1) is 20.8 Å². The van der Waals surface area contributed by atoms with E-state index in [0.29, 0.717) is 0 Å². The van der Waals surface area contributed by atoms with E-state index in [2.05, 4.69) is 56.1 Å². The van der Waals surface area contributed by atoms with Crippen LogP contribution in [0.25, 0.3) is 11.3 Å². The molecule has 0 radical (unpaired) electrons. The summed E-state index contributed by atoms with van der Waals surface area (Å²) >= 11 is 0. The van der Waals surface area contributed by atoms with Gasteiger partial charge in [-0.3, -0.25) is 4.98 Å². The maximum Gasteiger partial charge on any atom is 0.0707 e. The van der Waals surface area contributed by atoms with Gasteiger partial charge in [0.15, 0.2) is 0 Å². The van der Waals surface area contributed by atoms with Gasteiger partial charge in [-0.05, 0) is 43.5 Å². The molecule has 1 heteroatoms. The third-order valence-electron chi connectivity index (χ3n) is 2.65. The zero-order valence-electron chi connectivity index (χ0n) is 9.41. The molecule has 1 heterocycles. The van der Waals surface area contributed by atoms with Crippen molar-refractivity contribution >= 4 is 0 Å². The van der Waals surface area contributed by atoms with E-state index >= 15 is 0 Å². The molecule has 0 atom stereocenters. The van der Waals surface area contributed by atoms with Gasteiger partial charge >= 0.3 is 0 Å². The lowest BCUT2D eigenvalue weighted by Gasteiger charge is -2.08. The highest BCUT2D eigenvalue weighted by molar-refractivity contribution is 5.67. The smallest absolute Gasteiger partial charge is 0.0707 e. The third-order valence-corrected chi connectivity index (χ3v) is 2.65. The molecule has 0 aliphatic carbocycles. The van der Waals surface area contributed by atoms with Crippen molar-refractivity contribution in [3.05, 3.63) is 53.2 Å². The topological polar surface area (TPSA) is 12.9 Å². The maximum atomic E-state index is 4.47. The number of rotatable bonds is 1. The Bertz CT molecular complexity index is 449. The van der Waals surface area contributed by atoms with Crippen molar-refractivity contribution in [2.75, 3.05) is 0 Å². The van der Waals surface area contributed by atoms with Crippen LogP contribution < -0.4 is 0 Å². The van der Waals surface area contributed by atoms with E-state index in [1.807, 2.05) is 6.20 Å². The van der Waals surface area contributed by atoms with Crippen molar-refractivity contribution in [2.45, 2.75) is 20.8 Å². The van der Waals surface area contributed by atoms with Crippen molar-refractivity contribution in [1.82, 2.24) is 4.98 Å². The first-order chi connectivity index (χ1) is 7.18. The van der Waals surface area contributed by atoms with E-state index < -0.39 is 0 Å². The number of pyridine rings is 1. The summed E-state index contributed by atoms with van der Waals surface area (Å²) in [7, 11) is 0. The molecule has 0 spiro atoms. The highest BCUT2D eigenvalue weighted by Crippen LogP contribution is 2.24. The van der Waals surface area contributed by atoms with Gasteiger partial charge in [0.2, 0.25) is 0 Å². The van der Waals surface area contributed by atoms with Gasteiger partial charge in [0.25, 0.3) is 0 Å². The second-order valence-corrected chi connectivity index (χ2v) is 3.99.